The molecule has 0 spiro atoms. The maximum atomic E-state index is 10.7. The number of benzene rings is 1. The third-order valence-corrected chi connectivity index (χ3v) is 3.81. The summed E-state index contributed by atoms with van der Waals surface area (Å²) in [4.78, 5) is 0. The van der Waals surface area contributed by atoms with Crippen molar-refractivity contribution in [2.24, 2.45) is 5.92 Å². The molecule has 0 heterocycles. The van der Waals surface area contributed by atoms with Crippen molar-refractivity contribution >= 4 is 0 Å². The highest BCUT2D eigenvalue weighted by Gasteiger charge is 2.37. The van der Waals surface area contributed by atoms with Crippen molar-refractivity contribution in [2.75, 3.05) is 0 Å². The Hall–Kier alpha value is -0.820. The van der Waals surface area contributed by atoms with E-state index in [4.69, 9.17) is 0 Å². The fraction of sp³-hybridized carbons (Fsp3) is 0.571. The molecule has 0 aliphatic heterocycles. The van der Waals surface area contributed by atoms with Crippen molar-refractivity contribution in [1.29, 1.82) is 0 Å². The van der Waals surface area contributed by atoms with Gasteiger partial charge >= 0.3 is 0 Å². The summed E-state index contributed by atoms with van der Waals surface area (Å²) in [6.45, 7) is 4.25. The summed E-state index contributed by atoms with van der Waals surface area (Å²) in [7, 11) is 0. The van der Waals surface area contributed by atoms with Crippen LogP contribution in [0.2, 0.25) is 0 Å². The van der Waals surface area contributed by atoms with E-state index in [2.05, 4.69) is 38.1 Å². The molecule has 15 heavy (non-hydrogen) atoms. The maximum Gasteiger partial charge on any atom is 0.0921 e. The van der Waals surface area contributed by atoms with E-state index in [1.54, 1.807) is 0 Å². The Labute approximate surface area is 92.1 Å². The van der Waals surface area contributed by atoms with E-state index in [1.165, 1.54) is 12.0 Å². The van der Waals surface area contributed by atoms with Crippen LogP contribution in [0.1, 0.15) is 43.7 Å². The van der Waals surface area contributed by atoms with Gasteiger partial charge in [-0.15, -0.1) is 0 Å². The molecule has 1 heteroatoms. The monoisotopic (exact) mass is 204 g/mol. The van der Waals surface area contributed by atoms with E-state index in [0.717, 1.165) is 24.8 Å². The first-order valence-electron chi connectivity index (χ1n) is 5.92. The predicted molar refractivity (Wildman–Crippen MR) is 62.7 cm³/mol. The molecule has 1 aromatic carbocycles. The molecule has 0 amide bonds. The highest BCUT2D eigenvalue weighted by molar-refractivity contribution is 5.27. The largest absolute Gasteiger partial charge is 0.385 e. The Bertz CT molecular complexity index is 328. The van der Waals surface area contributed by atoms with Crippen LogP contribution in [0.3, 0.4) is 0 Å². The molecule has 82 valence electrons. The second kappa shape index (κ2) is 3.97. The summed E-state index contributed by atoms with van der Waals surface area (Å²) >= 11 is 0. The molecule has 2 atom stereocenters. The van der Waals surface area contributed by atoms with Crippen molar-refractivity contribution in [3.63, 3.8) is 0 Å². The second-order valence-corrected chi connectivity index (χ2v) is 4.94. The first kappa shape index (κ1) is 10.7. The molecule has 1 aromatic rings. The van der Waals surface area contributed by atoms with E-state index in [9.17, 15) is 5.11 Å². The Morgan fingerprint density at radius 2 is 1.87 bits per heavy atom. The lowest BCUT2D eigenvalue weighted by atomic mass is 9.72. The smallest absolute Gasteiger partial charge is 0.0921 e. The molecule has 0 saturated heterocycles. The van der Waals surface area contributed by atoms with Gasteiger partial charge in [-0.3, -0.25) is 0 Å². The lowest BCUT2D eigenvalue weighted by Gasteiger charge is -2.38. The van der Waals surface area contributed by atoms with E-state index < -0.39 is 5.60 Å². The molecule has 1 fully saturated rings. The fourth-order valence-electron chi connectivity index (χ4n) is 2.60. The van der Waals surface area contributed by atoms with Gasteiger partial charge in [0.15, 0.2) is 0 Å². The quantitative estimate of drug-likeness (QED) is 0.743. The average molecular weight is 204 g/mol. The Morgan fingerprint density at radius 3 is 2.47 bits per heavy atom. The molecule has 1 saturated carbocycles. The molecule has 1 aliphatic carbocycles. The van der Waals surface area contributed by atoms with Gasteiger partial charge in [-0.25, -0.2) is 0 Å². The maximum absolute atomic E-state index is 10.7. The van der Waals surface area contributed by atoms with Gasteiger partial charge in [0.05, 0.1) is 5.60 Å². The van der Waals surface area contributed by atoms with Gasteiger partial charge in [0.2, 0.25) is 0 Å². The van der Waals surface area contributed by atoms with Crippen LogP contribution in [0.15, 0.2) is 24.3 Å². The molecule has 1 aliphatic rings. The number of rotatable bonds is 1. The van der Waals surface area contributed by atoms with E-state index in [0.29, 0.717) is 5.92 Å². The van der Waals surface area contributed by atoms with Crippen LogP contribution in [-0.4, -0.2) is 5.11 Å². The number of aryl methyl sites for hydroxylation is 1. The molecule has 0 bridgehead atoms. The summed E-state index contributed by atoms with van der Waals surface area (Å²) in [6.07, 6.45) is 4.46. The minimum absolute atomic E-state index is 0.383. The summed E-state index contributed by atoms with van der Waals surface area (Å²) < 4.78 is 0. The third-order valence-electron chi connectivity index (χ3n) is 3.81. The lowest BCUT2D eigenvalue weighted by molar-refractivity contribution is -0.0469. The Kier molecular flexibility index (Phi) is 2.83. The van der Waals surface area contributed by atoms with Crippen molar-refractivity contribution in [1.82, 2.24) is 0 Å². The highest BCUT2D eigenvalue weighted by Crippen LogP contribution is 2.41. The number of hydrogen-bond acceptors (Lipinski definition) is 1. The van der Waals surface area contributed by atoms with Gasteiger partial charge in [-0.05, 0) is 31.2 Å². The van der Waals surface area contributed by atoms with Crippen molar-refractivity contribution in [2.45, 2.75) is 45.1 Å². The summed E-state index contributed by atoms with van der Waals surface area (Å²) in [5.41, 5.74) is 1.78. The zero-order valence-corrected chi connectivity index (χ0v) is 9.66. The lowest BCUT2D eigenvalue weighted by Crippen LogP contribution is -2.36. The number of aliphatic hydroxyl groups is 1. The van der Waals surface area contributed by atoms with Crippen molar-refractivity contribution in [3.05, 3.63) is 35.4 Å². The van der Waals surface area contributed by atoms with Gasteiger partial charge in [0, 0.05) is 0 Å². The molecule has 2 rings (SSSR count). The van der Waals surface area contributed by atoms with E-state index in [-0.39, 0.29) is 0 Å². The summed E-state index contributed by atoms with van der Waals surface area (Å²) in [5, 5.41) is 10.7. The van der Waals surface area contributed by atoms with Gasteiger partial charge in [-0.1, -0.05) is 49.6 Å². The van der Waals surface area contributed by atoms with Crippen LogP contribution in [-0.2, 0) is 5.60 Å². The molecule has 0 radical (unpaired) electrons. The highest BCUT2D eigenvalue weighted by atomic mass is 16.3. The standard InChI is InChI=1S/C14H20O/c1-11-6-8-13(9-7-11)14(15)10-4-3-5-12(14)2/h6-9,12,15H,3-5,10H2,1-2H3. The van der Waals surface area contributed by atoms with Crippen molar-refractivity contribution in [3.8, 4) is 0 Å². The van der Waals surface area contributed by atoms with Gasteiger partial charge in [-0.2, -0.15) is 0 Å². The molecule has 0 aromatic heterocycles. The van der Waals surface area contributed by atoms with Gasteiger partial charge in [0.25, 0.3) is 0 Å². The van der Waals surface area contributed by atoms with Crippen LogP contribution in [0, 0.1) is 12.8 Å². The minimum Gasteiger partial charge on any atom is -0.385 e. The minimum atomic E-state index is -0.577. The van der Waals surface area contributed by atoms with Gasteiger partial charge < -0.3 is 5.11 Å². The molecular weight excluding hydrogens is 184 g/mol. The van der Waals surface area contributed by atoms with Crippen LogP contribution in [0.25, 0.3) is 0 Å². The Balaban J connectivity index is 2.30. The van der Waals surface area contributed by atoms with Crippen LogP contribution >= 0.6 is 0 Å². The number of hydrogen-bond donors (Lipinski definition) is 1. The second-order valence-electron chi connectivity index (χ2n) is 4.94. The first-order valence-corrected chi connectivity index (χ1v) is 5.92. The summed E-state index contributed by atoms with van der Waals surface area (Å²) in [6, 6.07) is 8.34. The fourth-order valence-corrected chi connectivity index (χ4v) is 2.60. The van der Waals surface area contributed by atoms with Crippen LogP contribution in [0.4, 0.5) is 0 Å². The zero-order chi connectivity index (χ0) is 10.9. The third kappa shape index (κ3) is 1.93. The molecular formula is C14H20O. The van der Waals surface area contributed by atoms with Crippen LogP contribution < -0.4 is 0 Å². The van der Waals surface area contributed by atoms with E-state index >= 15 is 0 Å². The normalized spacial score (nSPS) is 31.5. The first-order chi connectivity index (χ1) is 7.13. The summed E-state index contributed by atoms with van der Waals surface area (Å²) in [5.74, 6) is 0.383. The molecule has 2 unspecified atom stereocenters. The average Bonchev–Trinajstić information content (AvgIpc) is 2.23. The molecule has 1 N–H and O–H groups in total. The predicted octanol–water partition coefficient (Wildman–Crippen LogP) is 3.39. The Morgan fingerprint density at radius 1 is 1.20 bits per heavy atom. The molecule has 1 nitrogen and oxygen atoms in total. The SMILES string of the molecule is Cc1ccc(C2(O)CCCCC2C)cc1. The topological polar surface area (TPSA) is 20.2 Å². The van der Waals surface area contributed by atoms with Crippen molar-refractivity contribution < 1.29 is 5.11 Å². The van der Waals surface area contributed by atoms with Gasteiger partial charge in [0.1, 0.15) is 0 Å². The van der Waals surface area contributed by atoms with Crippen LogP contribution in [0.5, 0.6) is 0 Å². The van der Waals surface area contributed by atoms with E-state index in [1.807, 2.05) is 0 Å². The zero-order valence-electron chi connectivity index (χ0n) is 9.66.